The molecule has 0 saturated carbocycles. The maximum atomic E-state index is 11.8. The van der Waals surface area contributed by atoms with E-state index in [1.807, 2.05) is 0 Å². The van der Waals surface area contributed by atoms with Crippen molar-refractivity contribution in [3.63, 3.8) is 0 Å². The third-order valence-electron chi connectivity index (χ3n) is 3.37. The van der Waals surface area contributed by atoms with Crippen molar-refractivity contribution in [1.29, 1.82) is 0 Å². The molecule has 0 spiro atoms. The minimum Gasteiger partial charge on any atom is -0.380 e. The first kappa shape index (κ1) is 16.1. The van der Waals surface area contributed by atoms with E-state index in [1.54, 1.807) is 6.92 Å². The molecule has 118 valence electrons. The molecule has 21 heavy (non-hydrogen) atoms. The Kier molecular flexibility index (Phi) is 5.13. The first-order valence-electron chi connectivity index (χ1n) is 6.90. The van der Waals surface area contributed by atoms with Crippen LogP contribution in [0.15, 0.2) is 11.1 Å². The summed E-state index contributed by atoms with van der Waals surface area (Å²) in [4.78, 5) is 10.5. The number of sulfone groups is 1. The van der Waals surface area contributed by atoms with Crippen LogP contribution in [0.2, 0.25) is 0 Å². The van der Waals surface area contributed by atoms with Crippen LogP contribution < -0.4 is 5.32 Å². The van der Waals surface area contributed by atoms with Gasteiger partial charge in [0.25, 0.3) is 0 Å². The van der Waals surface area contributed by atoms with Gasteiger partial charge in [-0.3, -0.25) is 0 Å². The fourth-order valence-corrected chi connectivity index (χ4v) is 2.99. The van der Waals surface area contributed by atoms with E-state index < -0.39 is 9.84 Å². The third-order valence-corrected chi connectivity index (χ3v) is 4.47. The summed E-state index contributed by atoms with van der Waals surface area (Å²) in [5.41, 5.74) is 0. The van der Waals surface area contributed by atoms with Gasteiger partial charge in [-0.15, -0.1) is 0 Å². The van der Waals surface area contributed by atoms with Gasteiger partial charge in [-0.25, -0.2) is 18.4 Å². The fourth-order valence-electron chi connectivity index (χ4n) is 2.28. The Balaban J connectivity index is 2.10. The van der Waals surface area contributed by atoms with Crippen molar-refractivity contribution in [2.75, 3.05) is 51.5 Å². The van der Waals surface area contributed by atoms with E-state index in [-0.39, 0.29) is 4.90 Å². The second-order valence-corrected chi connectivity index (χ2v) is 7.47. The van der Waals surface area contributed by atoms with Crippen molar-refractivity contribution in [2.24, 2.45) is 5.92 Å². The van der Waals surface area contributed by atoms with E-state index in [0.717, 1.165) is 26.0 Å². The molecule has 0 bridgehead atoms. The van der Waals surface area contributed by atoms with Crippen molar-refractivity contribution >= 4 is 15.7 Å². The molecular weight excluding hydrogens is 292 g/mol. The zero-order valence-corrected chi connectivity index (χ0v) is 13.5. The monoisotopic (exact) mass is 314 g/mol. The summed E-state index contributed by atoms with van der Waals surface area (Å²) in [7, 11) is -1.30. The van der Waals surface area contributed by atoms with Crippen LogP contribution in [0, 0.1) is 12.8 Å². The van der Waals surface area contributed by atoms with Gasteiger partial charge in [-0.05, 0) is 14.0 Å². The maximum Gasteiger partial charge on any atom is 0.180 e. The number of rotatable bonds is 4. The summed E-state index contributed by atoms with van der Waals surface area (Å²) in [5.74, 6) is 1.20. The van der Waals surface area contributed by atoms with Crippen LogP contribution in [-0.2, 0) is 14.6 Å². The predicted octanol–water partition coefficient (Wildman–Crippen LogP) is 0.179. The van der Waals surface area contributed by atoms with E-state index in [2.05, 4.69) is 27.2 Å². The lowest BCUT2D eigenvalue weighted by atomic mass is 10.1. The summed E-state index contributed by atoms with van der Waals surface area (Å²) in [6.45, 7) is 5.57. The zero-order valence-electron chi connectivity index (χ0n) is 12.7. The van der Waals surface area contributed by atoms with Gasteiger partial charge in [0.05, 0.1) is 19.4 Å². The van der Waals surface area contributed by atoms with Crippen LogP contribution in [-0.4, -0.2) is 69.4 Å². The number of hydrogen-bond acceptors (Lipinski definition) is 7. The molecule has 1 aromatic rings. The Morgan fingerprint density at radius 3 is 3.00 bits per heavy atom. The third kappa shape index (κ3) is 4.62. The summed E-state index contributed by atoms with van der Waals surface area (Å²) < 4.78 is 29.1. The molecule has 1 atom stereocenters. The fraction of sp³-hybridized carbons (Fsp3) is 0.692. The van der Waals surface area contributed by atoms with E-state index in [9.17, 15) is 8.42 Å². The number of hydrogen-bond donors (Lipinski definition) is 1. The van der Waals surface area contributed by atoms with Gasteiger partial charge in [0.2, 0.25) is 0 Å². The highest BCUT2D eigenvalue weighted by molar-refractivity contribution is 7.90. The molecule has 1 aliphatic rings. The highest BCUT2D eigenvalue weighted by Crippen LogP contribution is 2.18. The number of aromatic nitrogens is 2. The number of likely N-dealkylation sites (N-methyl/N-ethyl adjacent to an activating group) is 1. The number of nitrogens with zero attached hydrogens (tertiary/aromatic N) is 3. The number of ether oxygens (including phenoxy) is 1. The van der Waals surface area contributed by atoms with Crippen molar-refractivity contribution in [2.45, 2.75) is 11.8 Å². The Bertz CT molecular complexity index is 591. The molecular formula is C13H22N4O3S. The van der Waals surface area contributed by atoms with Gasteiger partial charge in [-0.1, -0.05) is 0 Å². The Morgan fingerprint density at radius 2 is 2.29 bits per heavy atom. The minimum absolute atomic E-state index is 0.135. The molecule has 1 unspecified atom stereocenters. The second-order valence-electron chi connectivity index (χ2n) is 5.49. The highest BCUT2D eigenvalue weighted by Gasteiger charge is 2.19. The van der Waals surface area contributed by atoms with Crippen LogP contribution in [0.3, 0.4) is 0 Å². The molecule has 0 aliphatic carbocycles. The standard InChI is InChI=1S/C13H22N4O3S/c1-10-14-7-12(21(3,18)19)13(16-10)15-6-11-8-17(2)4-5-20-9-11/h7,11H,4-6,8-9H2,1-3H3,(H,14,15,16). The highest BCUT2D eigenvalue weighted by atomic mass is 32.2. The van der Waals surface area contributed by atoms with Gasteiger partial charge in [0.15, 0.2) is 9.84 Å². The number of aryl methyl sites for hydroxylation is 1. The smallest absolute Gasteiger partial charge is 0.180 e. The Labute approximate surface area is 125 Å². The molecule has 1 aliphatic heterocycles. The first-order valence-corrected chi connectivity index (χ1v) is 8.79. The minimum atomic E-state index is -3.35. The average Bonchev–Trinajstić information content (AvgIpc) is 2.59. The first-order chi connectivity index (χ1) is 9.86. The van der Waals surface area contributed by atoms with Gasteiger partial charge in [-0.2, -0.15) is 0 Å². The van der Waals surface area contributed by atoms with E-state index in [1.165, 1.54) is 6.20 Å². The lowest BCUT2D eigenvalue weighted by Crippen LogP contribution is -2.30. The zero-order chi connectivity index (χ0) is 15.5. The molecule has 0 aromatic carbocycles. The summed E-state index contributed by atoms with van der Waals surface area (Å²) in [6, 6.07) is 0. The second kappa shape index (κ2) is 6.67. The molecule has 1 aromatic heterocycles. The van der Waals surface area contributed by atoms with E-state index >= 15 is 0 Å². The van der Waals surface area contributed by atoms with Crippen LogP contribution in [0.5, 0.6) is 0 Å². The van der Waals surface area contributed by atoms with Crippen LogP contribution in [0.25, 0.3) is 0 Å². The lowest BCUT2D eigenvalue weighted by molar-refractivity contribution is 0.125. The van der Waals surface area contributed by atoms with Crippen molar-refractivity contribution in [1.82, 2.24) is 14.9 Å². The molecule has 8 heteroatoms. The topological polar surface area (TPSA) is 84.4 Å². The normalized spacial score (nSPS) is 21.0. The Hall–Kier alpha value is -1.25. The Morgan fingerprint density at radius 1 is 1.52 bits per heavy atom. The average molecular weight is 314 g/mol. The summed E-state index contributed by atoms with van der Waals surface area (Å²) >= 11 is 0. The van der Waals surface area contributed by atoms with Crippen molar-refractivity contribution < 1.29 is 13.2 Å². The molecule has 7 nitrogen and oxygen atoms in total. The number of nitrogens with one attached hydrogen (secondary N) is 1. The lowest BCUT2D eigenvalue weighted by Gasteiger charge is -2.20. The molecule has 2 heterocycles. The number of anilines is 1. The molecule has 1 fully saturated rings. The van der Waals surface area contributed by atoms with Crippen LogP contribution >= 0.6 is 0 Å². The van der Waals surface area contributed by atoms with Crippen LogP contribution in [0.4, 0.5) is 5.82 Å². The summed E-state index contributed by atoms with van der Waals surface area (Å²) in [6.07, 6.45) is 2.52. The predicted molar refractivity (Wildman–Crippen MR) is 80.2 cm³/mol. The largest absolute Gasteiger partial charge is 0.380 e. The molecule has 0 amide bonds. The van der Waals surface area contributed by atoms with E-state index in [4.69, 9.17) is 4.74 Å². The van der Waals surface area contributed by atoms with Gasteiger partial charge in [0, 0.05) is 31.8 Å². The van der Waals surface area contributed by atoms with Gasteiger partial charge in [0.1, 0.15) is 16.5 Å². The quantitative estimate of drug-likeness (QED) is 0.848. The van der Waals surface area contributed by atoms with Gasteiger partial charge < -0.3 is 15.0 Å². The van der Waals surface area contributed by atoms with Crippen molar-refractivity contribution in [3.8, 4) is 0 Å². The van der Waals surface area contributed by atoms with Crippen molar-refractivity contribution in [3.05, 3.63) is 12.0 Å². The summed E-state index contributed by atoms with van der Waals surface area (Å²) in [5, 5.41) is 3.14. The van der Waals surface area contributed by atoms with Gasteiger partial charge >= 0.3 is 0 Å². The van der Waals surface area contributed by atoms with E-state index in [0.29, 0.717) is 30.7 Å². The molecule has 1 N–H and O–H groups in total. The molecule has 0 radical (unpaired) electrons. The maximum absolute atomic E-state index is 11.8. The molecule has 2 rings (SSSR count). The van der Waals surface area contributed by atoms with Crippen LogP contribution in [0.1, 0.15) is 5.82 Å². The molecule has 1 saturated heterocycles. The SMILES string of the molecule is Cc1ncc(S(C)(=O)=O)c(NCC2COCCN(C)C2)n1.